The van der Waals surface area contributed by atoms with Crippen LogP contribution in [0.25, 0.3) is 22.3 Å². The molecule has 2 N–H and O–H groups in total. The minimum absolute atomic E-state index is 0.454. The average molecular weight is 259 g/mol. The van der Waals surface area contributed by atoms with E-state index in [4.69, 9.17) is 21.8 Å². The van der Waals surface area contributed by atoms with E-state index in [0.717, 1.165) is 16.5 Å². The molecule has 0 unspecified atom stereocenters. The number of hydrogen-bond acceptors (Lipinski definition) is 3. The van der Waals surface area contributed by atoms with E-state index in [-0.39, 0.29) is 0 Å². The number of pyridine rings is 1. The number of nitrogens with two attached hydrogens (primary N) is 1. The van der Waals surface area contributed by atoms with E-state index < -0.39 is 0 Å². The predicted molar refractivity (Wildman–Crippen MR) is 73.6 cm³/mol. The highest BCUT2D eigenvalue weighted by Crippen LogP contribution is 2.33. The molecule has 3 nitrogen and oxygen atoms in total. The van der Waals surface area contributed by atoms with Gasteiger partial charge in [-0.15, -0.1) is 0 Å². The van der Waals surface area contributed by atoms with Crippen molar-refractivity contribution in [2.45, 2.75) is 6.92 Å². The van der Waals surface area contributed by atoms with Crippen LogP contribution in [0.5, 0.6) is 0 Å². The molecule has 90 valence electrons. The molecule has 0 aliphatic carbocycles. The van der Waals surface area contributed by atoms with Crippen LogP contribution in [0.4, 0.5) is 5.82 Å². The lowest BCUT2D eigenvalue weighted by Gasteiger charge is -2.02. The van der Waals surface area contributed by atoms with E-state index in [2.05, 4.69) is 4.98 Å². The number of nitrogen functional groups attached to an aromatic ring is 1. The molecule has 0 aliphatic rings. The molecule has 3 aromatic rings. The summed E-state index contributed by atoms with van der Waals surface area (Å²) in [5, 5.41) is 1.55. The first-order chi connectivity index (χ1) is 8.65. The molecule has 0 saturated carbocycles. The summed E-state index contributed by atoms with van der Waals surface area (Å²) >= 11 is 6.09. The number of benzene rings is 1. The minimum atomic E-state index is 0.454. The number of fused-ring (bicyclic) bond motifs is 1. The van der Waals surface area contributed by atoms with Gasteiger partial charge in [0.1, 0.15) is 11.6 Å². The number of halogens is 1. The van der Waals surface area contributed by atoms with Crippen molar-refractivity contribution < 1.29 is 4.42 Å². The fraction of sp³-hybridized carbons (Fsp3) is 0.0714. The van der Waals surface area contributed by atoms with E-state index in [9.17, 15) is 0 Å². The van der Waals surface area contributed by atoms with Gasteiger partial charge in [-0.2, -0.15) is 0 Å². The summed E-state index contributed by atoms with van der Waals surface area (Å²) in [5.41, 5.74) is 8.38. The van der Waals surface area contributed by atoms with Crippen LogP contribution < -0.4 is 5.73 Å². The van der Waals surface area contributed by atoms with Gasteiger partial charge in [0, 0.05) is 11.6 Å². The molecule has 2 heterocycles. The third-order valence-corrected chi connectivity index (χ3v) is 3.11. The molecule has 0 bridgehead atoms. The molecule has 0 saturated heterocycles. The Bertz CT molecular complexity index is 734. The van der Waals surface area contributed by atoms with Crippen LogP contribution in [0.2, 0.25) is 5.02 Å². The Morgan fingerprint density at radius 3 is 2.89 bits per heavy atom. The van der Waals surface area contributed by atoms with E-state index in [0.29, 0.717) is 22.2 Å². The molecule has 18 heavy (non-hydrogen) atoms. The van der Waals surface area contributed by atoms with E-state index in [1.165, 1.54) is 0 Å². The van der Waals surface area contributed by atoms with Gasteiger partial charge in [-0.3, -0.25) is 0 Å². The monoisotopic (exact) mass is 258 g/mol. The smallest absolute Gasteiger partial charge is 0.153 e. The molecule has 1 aromatic carbocycles. The normalized spacial score (nSPS) is 11.0. The van der Waals surface area contributed by atoms with Gasteiger partial charge < -0.3 is 10.2 Å². The van der Waals surface area contributed by atoms with Crippen LogP contribution in [0, 0.1) is 6.92 Å². The second kappa shape index (κ2) is 4.03. The molecule has 0 amide bonds. The summed E-state index contributed by atoms with van der Waals surface area (Å²) in [6, 6.07) is 9.52. The number of furan rings is 1. The summed E-state index contributed by atoms with van der Waals surface area (Å²) in [4.78, 5) is 4.13. The molecule has 0 radical (unpaired) electrons. The lowest BCUT2D eigenvalue weighted by atomic mass is 10.1. The molecule has 4 heteroatoms. The largest absolute Gasteiger partial charge is 0.454 e. The molecule has 0 fully saturated rings. The minimum Gasteiger partial charge on any atom is -0.454 e. The Balaban J connectivity index is 2.26. The van der Waals surface area contributed by atoms with Crippen LogP contribution >= 0.6 is 11.6 Å². The van der Waals surface area contributed by atoms with E-state index >= 15 is 0 Å². The number of aromatic nitrogens is 1. The third-order valence-electron chi connectivity index (χ3n) is 2.82. The first-order valence-electron chi connectivity index (χ1n) is 5.56. The van der Waals surface area contributed by atoms with Gasteiger partial charge in [-0.05, 0) is 30.7 Å². The van der Waals surface area contributed by atoms with Gasteiger partial charge in [0.05, 0.1) is 10.6 Å². The topological polar surface area (TPSA) is 52.0 Å². The standard InChI is InChI=1S/C14H11ClN2O/c1-8-5-10(14(16)17-7-8)12-6-9-3-2-4-11(15)13(9)18-12/h2-7H,1H3,(H2,16,17). The van der Waals surface area contributed by atoms with Crippen molar-refractivity contribution in [2.75, 3.05) is 5.73 Å². The number of nitrogens with zero attached hydrogens (tertiary/aromatic N) is 1. The molecule has 0 atom stereocenters. The van der Waals surface area contributed by atoms with Gasteiger partial charge >= 0.3 is 0 Å². The predicted octanol–water partition coefficient (Wildman–Crippen LogP) is 4.04. The highest BCUT2D eigenvalue weighted by molar-refractivity contribution is 6.34. The Kier molecular flexibility index (Phi) is 2.49. The molecule has 0 spiro atoms. The Morgan fingerprint density at radius 1 is 1.28 bits per heavy atom. The lowest BCUT2D eigenvalue weighted by Crippen LogP contribution is -1.93. The van der Waals surface area contributed by atoms with E-state index in [1.54, 1.807) is 12.3 Å². The van der Waals surface area contributed by atoms with Crippen LogP contribution in [0.15, 0.2) is 40.9 Å². The SMILES string of the molecule is Cc1cnc(N)c(-c2cc3cccc(Cl)c3o2)c1. The summed E-state index contributed by atoms with van der Waals surface area (Å²) in [5.74, 6) is 1.14. The quantitative estimate of drug-likeness (QED) is 0.717. The van der Waals surface area contributed by atoms with Crippen molar-refractivity contribution in [1.29, 1.82) is 0 Å². The third kappa shape index (κ3) is 1.73. The van der Waals surface area contributed by atoms with Gasteiger partial charge in [-0.25, -0.2) is 4.98 Å². The summed E-state index contributed by atoms with van der Waals surface area (Å²) < 4.78 is 5.77. The first kappa shape index (κ1) is 11.1. The highest BCUT2D eigenvalue weighted by atomic mass is 35.5. The molecule has 3 rings (SSSR count). The summed E-state index contributed by atoms with van der Waals surface area (Å²) in [7, 11) is 0. The van der Waals surface area contributed by atoms with Crippen LogP contribution in [-0.2, 0) is 0 Å². The van der Waals surface area contributed by atoms with Crippen LogP contribution in [0.1, 0.15) is 5.56 Å². The number of anilines is 1. The fourth-order valence-corrected chi connectivity index (χ4v) is 2.16. The summed E-state index contributed by atoms with van der Waals surface area (Å²) in [6.45, 7) is 1.96. The number of rotatable bonds is 1. The maximum atomic E-state index is 6.09. The maximum absolute atomic E-state index is 6.09. The number of aryl methyl sites for hydroxylation is 1. The lowest BCUT2D eigenvalue weighted by molar-refractivity contribution is 0.631. The van der Waals surface area contributed by atoms with Crippen molar-refractivity contribution >= 4 is 28.4 Å². The van der Waals surface area contributed by atoms with Crippen molar-refractivity contribution in [3.8, 4) is 11.3 Å². The Morgan fingerprint density at radius 2 is 2.11 bits per heavy atom. The van der Waals surface area contributed by atoms with Crippen LogP contribution in [-0.4, -0.2) is 4.98 Å². The maximum Gasteiger partial charge on any atom is 0.153 e. The second-order valence-corrected chi connectivity index (χ2v) is 4.62. The zero-order chi connectivity index (χ0) is 12.7. The van der Waals surface area contributed by atoms with Crippen molar-refractivity contribution in [3.05, 3.63) is 47.1 Å². The first-order valence-corrected chi connectivity index (χ1v) is 5.93. The van der Waals surface area contributed by atoms with Gasteiger partial charge in [0.2, 0.25) is 0 Å². The van der Waals surface area contributed by atoms with Crippen molar-refractivity contribution in [2.24, 2.45) is 0 Å². The fourth-order valence-electron chi connectivity index (χ4n) is 1.94. The number of hydrogen-bond donors (Lipinski definition) is 1. The molecule has 2 aromatic heterocycles. The van der Waals surface area contributed by atoms with Gasteiger partial charge in [0.25, 0.3) is 0 Å². The zero-order valence-electron chi connectivity index (χ0n) is 9.77. The molecule has 0 aliphatic heterocycles. The van der Waals surface area contributed by atoms with Gasteiger partial charge in [-0.1, -0.05) is 23.7 Å². The zero-order valence-corrected chi connectivity index (χ0v) is 10.5. The Hall–Kier alpha value is -2.00. The summed E-state index contributed by atoms with van der Waals surface area (Å²) in [6.07, 6.45) is 1.73. The van der Waals surface area contributed by atoms with Gasteiger partial charge in [0.15, 0.2) is 5.58 Å². The second-order valence-electron chi connectivity index (χ2n) is 4.21. The molecular weight excluding hydrogens is 248 g/mol. The highest BCUT2D eigenvalue weighted by Gasteiger charge is 2.11. The van der Waals surface area contributed by atoms with Crippen LogP contribution in [0.3, 0.4) is 0 Å². The van der Waals surface area contributed by atoms with Crippen molar-refractivity contribution in [1.82, 2.24) is 4.98 Å². The Labute approximate surface area is 109 Å². The van der Waals surface area contributed by atoms with E-state index in [1.807, 2.05) is 31.2 Å². The number of para-hydroxylation sites is 1. The molecular formula is C14H11ClN2O. The van der Waals surface area contributed by atoms with Crippen molar-refractivity contribution in [3.63, 3.8) is 0 Å². The average Bonchev–Trinajstić information content (AvgIpc) is 2.77.